The standard InChI is InChI=1S/C25H47NO5/c1-5-6-7-8-9-10-11-12-13-14-15-16-17-18-21(27)19-22(28)24(25(30)31)23(29)20-26(2,3)4/h19,23-24,29H,5-18,20H2,1-4H3,(H-,27,28,30,31). The summed E-state index contributed by atoms with van der Waals surface area (Å²) in [5.41, 5.74) is 0. The number of likely N-dealkylation sites (N-methyl/N-ethyl adjacent to an activating group) is 1. The van der Waals surface area contributed by atoms with Gasteiger partial charge in [0.2, 0.25) is 0 Å². The molecule has 2 unspecified atom stereocenters. The third-order valence-corrected chi connectivity index (χ3v) is 5.53. The fraction of sp³-hybridized carbons (Fsp3) is 0.840. The van der Waals surface area contributed by atoms with Crippen LogP contribution < -0.4 is 5.11 Å². The van der Waals surface area contributed by atoms with Crippen LogP contribution in [0.4, 0.5) is 0 Å². The zero-order valence-corrected chi connectivity index (χ0v) is 20.4. The molecule has 0 aromatic carbocycles. The molecule has 0 radical (unpaired) electrons. The van der Waals surface area contributed by atoms with Crippen LogP contribution in [-0.4, -0.2) is 60.2 Å². The van der Waals surface area contributed by atoms with Gasteiger partial charge in [-0.1, -0.05) is 84.0 Å². The normalized spacial score (nSPS) is 14.4. The van der Waals surface area contributed by atoms with Crippen molar-refractivity contribution in [1.29, 1.82) is 0 Å². The number of carbonyl (C=O) groups excluding carboxylic acids is 2. The van der Waals surface area contributed by atoms with Crippen molar-refractivity contribution < 1.29 is 29.4 Å². The van der Waals surface area contributed by atoms with Crippen molar-refractivity contribution in [2.24, 2.45) is 5.92 Å². The fourth-order valence-corrected chi connectivity index (χ4v) is 3.79. The maximum Gasteiger partial charge on any atom is 0.159 e. The van der Waals surface area contributed by atoms with Crippen LogP contribution in [0.3, 0.4) is 0 Å². The molecule has 0 aliphatic carbocycles. The van der Waals surface area contributed by atoms with E-state index in [2.05, 4.69) is 6.92 Å². The number of aliphatic hydroxyl groups excluding tert-OH is 2. The number of aliphatic hydroxyl groups is 2. The quantitative estimate of drug-likeness (QED) is 0.129. The first kappa shape index (κ1) is 29.6. The third-order valence-electron chi connectivity index (χ3n) is 5.53. The lowest BCUT2D eigenvalue weighted by Gasteiger charge is -2.30. The van der Waals surface area contributed by atoms with Crippen LogP contribution in [0.2, 0.25) is 0 Å². The molecule has 6 heteroatoms. The predicted molar refractivity (Wildman–Crippen MR) is 123 cm³/mol. The van der Waals surface area contributed by atoms with Crippen molar-refractivity contribution in [1.82, 2.24) is 0 Å². The summed E-state index contributed by atoms with van der Waals surface area (Å²) in [6.45, 7) is 2.35. The first-order valence-electron chi connectivity index (χ1n) is 12.2. The summed E-state index contributed by atoms with van der Waals surface area (Å²) in [5.74, 6) is -4.11. The highest BCUT2D eigenvalue weighted by Crippen LogP contribution is 2.17. The molecule has 0 aliphatic heterocycles. The molecule has 0 aromatic heterocycles. The number of carboxylic acids is 1. The molecule has 6 nitrogen and oxygen atoms in total. The Morgan fingerprint density at radius 2 is 1.26 bits per heavy atom. The lowest BCUT2D eigenvalue weighted by Crippen LogP contribution is -2.49. The Hall–Kier alpha value is -1.40. The molecule has 182 valence electrons. The third kappa shape index (κ3) is 16.9. The number of nitrogens with zero attached hydrogens (tertiary/aromatic N) is 1. The van der Waals surface area contributed by atoms with E-state index in [1.54, 1.807) is 21.1 Å². The average molecular weight is 442 g/mol. The molecule has 2 N–H and O–H groups in total. The minimum absolute atomic E-state index is 0.115. The van der Waals surface area contributed by atoms with E-state index in [1.807, 2.05) is 0 Å². The van der Waals surface area contributed by atoms with Crippen molar-refractivity contribution >= 4 is 11.8 Å². The molecule has 0 aliphatic rings. The predicted octanol–water partition coefficient (Wildman–Crippen LogP) is 3.91. The number of carbonyl (C=O) groups is 2. The van der Waals surface area contributed by atoms with Gasteiger partial charge in [0.15, 0.2) is 5.78 Å². The Kier molecular flexibility index (Phi) is 16.4. The average Bonchev–Trinajstić information content (AvgIpc) is 2.63. The molecule has 0 spiro atoms. The molecule has 0 saturated heterocycles. The van der Waals surface area contributed by atoms with Gasteiger partial charge in [0.1, 0.15) is 18.4 Å². The van der Waals surface area contributed by atoms with Crippen LogP contribution in [0.25, 0.3) is 0 Å². The van der Waals surface area contributed by atoms with E-state index in [4.69, 9.17) is 0 Å². The van der Waals surface area contributed by atoms with Gasteiger partial charge >= 0.3 is 0 Å². The second kappa shape index (κ2) is 17.2. The zero-order chi connectivity index (χ0) is 23.7. The number of carboxylic acid groups (broad SMARTS) is 1. The van der Waals surface area contributed by atoms with E-state index < -0.39 is 23.8 Å². The number of allylic oxidation sites excluding steroid dienone is 1. The number of rotatable bonds is 20. The van der Waals surface area contributed by atoms with Gasteiger partial charge in [0.05, 0.1) is 33.0 Å². The van der Waals surface area contributed by atoms with E-state index >= 15 is 0 Å². The van der Waals surface area contributed by atoms with Crippen LogP contribution in [0, 0.1) is 5.92 Å². The molecule has 0 saturated carbocycles. The van der Waals surface area contributed by atoms with Gasteiger partial charge in [0, 0.05) is 12.5 Å². The number of aliphatic carboxylic acids is 1. The van der Waals surface area contributed by atoms with Gasteiger partial charge in [-0.3, -0.25) is 4.79 Å². The molecular weight excluding hydrogens is 394 g/mol. The molecule has 0 bridgehead atoms. The van der Waals surface area contributed by atoms with Crippen LogP contribution >= 0.6 is 0 Å². The van der Waals surface area contributed by atoms with Gasteiger partial charge in [-0.15, -0.1) is 0 Å². The topological polar surface area (TPSA) is 97.7 Å². The van der Waals surface area contributed by atoms with E-state index in [0.717, 1.165) is 25.3 Å². The van der Waals surface area contributed by atoms with Crippen molar-refractivity contribution in [3.05, 3.63) is 11.8 Å². The largest absolute Gasteiger partial charge is 0.549 e. The second-order valence-electron chi connectivity index (χ2n) is 9.87. The monoisotopic (exact) mass is 441 g/mol. The maximum atomic E-state index is 12.1. The summed E-state index contributed by atoms with van der Waals surface area (Å²) in [6, 6.07) is 0. The first-order valence-corrected chi connectivity index (χ1v) is 12.2. The number of hydrogen-bond acceptors (Lipinski definition) is 5. The lowest BCUT2D eigenvalue weighted by molar-refractivity contribution is -0.873. The van der Waals surface area contributed by atoms with E-state index in [1.165, 1.54) is 64.2 Å². The van der Waals surface area contributed by atoms with E-state index in [9.17, 15) is 24.9 Å². The highest BCUT2D eigenvalue weighted by Gasteiger charge is 2.29. The minimum Gasteiger partial charge on any atom is -0.549 e. The zero-order valence-electron chi connectivity index (χ0n) is 20.4. The Labute approximate surface area is 189 Å². The summed E-state index contributed by atoms with van der Waals surface area (Å²) < 4.78 is 0.325. The number of ketones is 1. The van der Waals surface area contributed by atoms with Gasteiger partial charge in [-0.05, 0) is 6.42 Å². The molecule has 31 heavy (non-hydrogen) atoms. The van der Waals surface area contributed by atoms with Crippen molar-refractivity contribution in [2.75, 3.05) is 27.7 Å². The molecule has 2 atom stereocenters. The SMILES string of the molecule is CCCCCCCCCCCCCCCC(=O)/C=C(\O)C(C(=O)[O-])C(O)C[N+](C)(C)C. The van der Waals surface area contributed by atoms with Gasteiger partial charge in [-0.25, -0.2) is 0 Å². The Morgan fingerprint density at radius 1 is 0.839 bits per heavy atom. The molecule has 0 aromatic rings. The Bertz CT molecular complexity index is 524. The van der Waals surface area contributed by atoms with Crippen LogP contribution in [0.1, 0.15) is 96.8 Å². The number of unbranched alkanes of at least 4 members (excludes halogenated alkanes) is 12. The van der Waals surface area contributed by atoms with Crippen LogP contribution in [-0.2, 0) is 9.59 Å². The maximum absolute atomic E-state index is 12.1. The summed E-state index contributed by atoms with van der Waals surface area (Å²) in [6.07, 6.45) is 15.7. The lowest BCUT2D eigenvalue weighted by atomic mass is 9.97. The molecule has 0 fully saturated rings. The van der Waals surface area contributed by atoms with E-state index in [-0.39, 0.29) is 18.7 Å². The molecular formula is C25H47NO5. The smallest absolute Gasteiger partial charge is 0.159 e. The second-order valence-corrected chi connectivity index (χ2v) is 9.87. The van der Waals surface area contributed by atoms with Crippen molar-refractivity contribution in [2.45, 2.75) is 103 Å². The molecule has 0 amide bonds. The van der Waals surface area contributed by atoms with Gasteiger partial charge in [-0.2, -0.15) is 0 Å². The number of hydrogen-bond donors (Lipinski definition) is 2. The summed E-state index contributed by atoms with van der Waals surface area (Å²) in [4.78, 5) is 23.4. The highest BCUT2D eigenvalue weighted by molar-refractivity contribution is 5.90. The molecule has 0 heterocycles. The molecule has 0 rings (SSSR count). The summed E-state index contributed by atoms with van der Waals surface area (Å²) in [7, 11) is 5.41. The highest BCUT2D eigenvalue weighted by atomic mass is 16.4. The first-order chi connectivity index (χ1) is 14.6. The van der Waals surface area contributed by atoms with E-state index in [0.29, 0.717) is 4.48 Å². The Balaban J connectivity index is 4.00. The minimum atomic E-state index is -1.59. The van der Waals surface area contributed by atoms with Gasteiger partial charge < -0.3 is 24.6 Å². The van der Waals surface area contributed by atoms with Crippen molar-refractivity contribution in [3.8, 4) is 0 Å². The van der Waals surface area contributed by atoms with Crippen molar-refractivity contribution in [3.63, 3.8) is 0 Å². The Morgan fingerprint density at radius 3 is 1.65 bits per heavy atom. The summed E-state index contributed by atoms with van der Waals surface area (Å²) >= 11 is 0. The van der Waals surface area contributed by atoms with Crippen LogP contribution in [0.15, 0.2) is 11.8 Å². The number of quaternary nitrogens is 1. The summed E-state index contributed by atoms with van der Waals surface area (Å²) in [5, 5.41) is 31.6. The fourth-order valence-electron chi connectivity index (χ4n) is 3.79. The van der Waals surface area contributed by atoms with Crippen LogP contribution in [0.5, 0.6) is 0 Å². The van der Waals surface area contributed by atoms with Gasteiger partial charge in [0.25, 0.3) is 0 Å².